The molecule has 7 heteroatoms. The number of primary amides is 1. The van der Waals surface area contributed by atoms with E-state index in [9.17, 15) is 9.90 Å². The Hall–Kier alpha value is -1.89. The second-order valence-electron chi connectivity index (χ2n) is 6.58. The lowest BCUT2D eigenvalue weighted by molar-refractivity contribution is 0.100. The van der Waals surface area contributed by atoms with E-state index in [1.54, 1.807) is 0 Å². The number of aliphatic hydroxyl groups is 1. The predicted octanol–water partition coefficient (Wildman–Crippen LogP) is 1.75. The van der Waals surface area contributed by atoms with Crippen LogP contribution in [0, 0.1) is 5.92 Å². The van der Waals surface area contributed by atoms with E-state index in [-0.39, 0.29) is 12.1 Å². The lowest BCUT2D eigenvalue weighted by Gasteiger charge is -2.26. The van der Waals surface area contributed by atoms with Crippen molar-refractivity contribution in [1.29, 1.82) is 0 Å². The van der Waals surface area contributed by atoms with Gasteiger partial charge in [0.2, 0.25) is 5.95 Å². The Morgan fingerprint density at radius 2 is 2.09 bits per heavy atom. The van der Waals surface area contributed by atoms with Crippen LogP contribution in [-0.4, -0.2) is 39.7 Å². The van der Waals surface area contributed by atoms with Crippen LogP contribution in [0.15, 0.2) is 6.20 Å². The second-order valence-corrected chi connectivity index (χ2v) is 6.58. The van der Waals surface area contributed by atoms with Gasteiger partial charge in [0, 0.05) is 18.8 Å². The van der Waals surface area contributed by atoms with E-state index in [4.69, 9.17) is 5.73 Å². The minimum Gasteiger partial charge on any atom is -0.393 e. The third-order valence-corrected chi connectivity index (χ3v) is 4.10. The van der Waals surface area contributed by atoms with Crippen molar-refractivity contribution in [2.24, 2.45) is 11.7 Å². The highest BCUT2D eigenvalue weighted by Crippen LogP contribution is 2.22. The van der Waals surface area contributed by atoms with Crippen molar-refractivity contribution < 1.29 is 9.90 Å². The summed E-state index contributed by atoms with van der Waals surface area (Å²) in [5, 5.41) is 16.0. The van der Waals surface area contributed by atoms with Gasteiger partial charge in [0.1, 0.15) is 5.82 Å². The summed E-state index contributed by atoms with van der Waals surface area (Å²) in [6, 6.07) is 0.251. The third kappa shape index (κ3) is 5.35. The number of nitrogens with two attached hydrogens (primary N) is 1. The third-order valence-electron chi connectivity index (χ3n) is 4.10. The molecule has 1 saturated carbocycles. The summed E-state index contributed by atoms with van der Waals surface area (Å²) in [5.74, 6) is 0.993. The Kier molecular flexibility index (Phi) is 6.15. The molecule has 0 atom stereocenters. The lowest BCUT2D eigenvalue weighted by atomic mass is 9.93. The van der Waals surface area contributed by atoms with Gasteiger partial charge in [-0.15, -0.1) is 0 Å². The molecule has 5 N–H and O–H groups in total. The monoisotopic (exact) mass is 321 g/mol. The van der Waals surface area contributed by atoms with Gasteiger partial charge in [-0.2, -0.15) is 4.98 Å². The maximum Gasteiger partial charge on any atom is 0.254 e. The first-order chi connectivity index (χ1) is 11.0. The molecule has 1 aliphatic carbocycles. The van der Waals surface area contributed by atoms with E-state index in [0.717, 1.165) is 38.6 Å². The molecule has 0 unspecified atom stereocenters. The number of hydrogen-bond donors (Lipinski definition) is 4. The maximum absolute atomic E-state index is 11.5. The van der Waals surface area contributed by atoms with E-state index in [2.05, 4.69) is 34.4 Å². The summed E-state index contributed by atoms with van der Waals surface area (Å²) in [4.78, 5) is 20.1. The van der Waals surface area contributed by atoms with Crippen LogP contribution in [0.1, 0.15) is 56.3 Å². The summed E-state index contributed by atoms with van der Waals surface area (Å²) in [5.41, 5.74) is 5.69. The number of nitrogens with zero attached hydrogens (tertiary/aromatic N) is 2. The average molecular weight is 321 g/mol. The van der Waals surface area contributed by atoms with Crippen molar-refractivity contribution in [3.63, 3.8) is 0 Å². The van der Waals surface area contributed by atoms with Crippen molar-refractivity contribution in [3.05, 3.63) is 11.8 Å². The summed E-state index contributed by atoms with van der Waals surface area (Å²) >= 11 is 0. The van der Waals surface area contributed by atoms with Gasteiger partial charge in [0.05, 0.1) is 11.7 Å². The van der Waals surface area contributed by atoms with Crippen LogP contribution < -0.4 is 16.4 Å². The first-order valence-corrected chi connectivity index (χ1v) is 8.31. The molecule has 128 valence electrons. The molecule has 2 rings (SSSR count). The molecule has 1 fully saturated rings. The highest BCUT2D eigenvalue weighted by molar-refractivity contribution is 5.97. The fourth-order valence-corrected chi connectivity index (χ4v) is 2.65. The van der Waals surface area contributed by atoms with Crippen molar-refractivity contribution >= 4 is 17.7 Å². The summed E-state index contributed by atoms with van der Waals surface area (Å²) in [7, 11) is 0. The van der Waals surface area contributed by atoms with Gasteiger partial charge in [-0.05, 0) is 38.0 Å². The van der Waals surface area contributed by atoms with Crippen LogP contribution in [0.3, 0.4) is 0 Å². The van der Waals surface area contributed by atoms with Crippen LogP contribution in [0.2, 0.25) is 0 Å². The Morgan fingerprint density at radius 1 is 1.39 bits per heavy atom. The largest absolute Gasteiger partial charge is 0.393 e. The standard InChI is InChI=1S/C16H27N5O2/c1-10(2)7-8-18-15-13(14(17)23)9-19-16(21-15)20-11-3-5-12(22)6-4-11/h9-12,22H,3-8H2,1-2H3,(H2,17,23)(H2,18,19,20,21). The van der Waals surface area contributed by atoms with Crippen LogP contribution in [0.4, 0.5) is 11.8 Å². The van der Waals surface area contributed by atoms with Crippen LogP contribution in [0.25, 0.3) is 0 Å². The summed E-state index contributed by atoms with van der Waals surface area (Å²) in [6.45, 7) is 5.01. The maximum atomic E-state index is 11.5. The van der Waals surface area contributed by atoms with Crippen molar-refractivity contribution in [1.82, 2.24) is 9.97 Å². The lowest BCUT2D eigenvalue weighted by Crippen LogP contribution is -2.29. The number of rotatable bonds is 7. The Morgan fingerprint density at radius 3 is 2.70 bits per heavy atom. The zero-order chi connectivity index (χ0) is 16.8. The van der Waals surface area contributed by atoms with Gasteiger partial charge >= 0.3 is 0 Å². The fourth-order valence-electron chi connectivity index (χ4n) is 2.65. The number of aromatic nitrogens is 2. The van der Waals surface area contributed by atoms with Crippen molar-refractivity contribution in [3.8, 4) is 0 Å². The van der Waals surface area contributed by atoms with Gasteiger partial charge in [-0.25, -0.2) is 4.98 Å². The minimum atomic E-state index is -0.538. The van der Waals surface area contributed by atoms with Crippen LogP contribution >= 0.6 is 0 Å². The number of carbonyl (C=O) groups is 1. The van der Waals surface area contributed by atoms with Gasteiger partial charge in [-0.3, -0.25) is 4.79 Å². The first-order valence-electron chi connectivity index (χ1n) is 8.31. The normalized spacial score (nSPS) is 21.2. The minimum absolute atomic E-state index is 0.195. The number of amides is 1. The summed E-state index contributed by atoms with van der Waals surface area (Å²) < 4.78 is 0. The molecule has 0 spiro atoms. The van der Waals surface area contributed by atoms with E-state index in [1.807, 2.05) is 0 Å². The van der Waals surface area contributed by atoms with Crippen LogP contribution in [-0.2, 0) is 0 Å². The van der Waals surface area contributed by atoms with Crippen molar-refractivity contribution in [2.45, 2.75) is 58.1 Å². The van der Waals surface area contributed by atoms with Gasteiger partial charge in [0.25, 0.3) is 5.91 Å². The van der Waals surface area contributed by atoms with E-state index in [1.165, 1.54) is 6.20 Å². The van der Waals surface area contributed by atoms with Crippen molar-refractivity contribution in [2.75, 3.05) is 17.2 Å². The molecule has 0 aliphatic heterocycles. The molecule has 0 bridgehead atoms. The molecule has 0 saturated heterocycles. The molecule has 1 aromatic rings. The molecular weight excluding hydrogens is 294 g/mol. The van der Waals surface area contributed by atoms with Gasteiger partial charge in [-0.1, -0.05) is 13.8 Å². The van der Waals surface area contributed by atoms with E-state index >= 15 is 0 Å². The molecule has 23 heavy (non-hydrogen) atoms. The number of aliphatic hydroxyl groups excluding tert-OH is 1. The first kappa shape index (κ1) is 17.5. The fraction of sp³-hybridized carbons (Fsp3) is 0.688. The average Bonchev–Trinajstić information content (AvgIpc) is 2.49. The summed E-state index contributed by atoms with van der Waals surface area (Å²) in [6.07, 6.45) is 5.60. The van der Waals surface area contributed by atoms with E-state index < -0.39 is 5.91 Å². The highest BCUT2D eigenvalue weighted by Gasteiger charge is 2.20. The molecule has 0 radical (unpaired) electrons. The van der Waals surface area contributed by atoms with Gasteiger partial charge < -0.3 is 21.5 Å². The number of nitrogens with one attached hydrogen (secondary N) is 2. The Balaban J connectivity index is 2.04. The molecule has 1 aliphatic rings. The molecule has 7 nitrogen and oxygen atoms in total. The smallest absolute Gasteiger partial charge is 0.254 e. The molecular formula is C16H27N5O2. The predicted molar refractivity (Wildman–Crippen MR) is 90.4 cm³/mol. The quantitative estimate of drug-likeness (QED) is 0.608. The topological polar surface area (TPSA) is 113 Å². The molecule has 1 heterocycles. The van der Waals surface area contributed by atoms with Crippen LogP contribution in [0.5, 0.6) is 0 Å². The highest BCUT2D eigenvalue weighted by atomic mass is 16.3. The Labute approximate surface area is 137 Å². The zero-order valence-corrected chi connectivity index (χ0v) is 13.9. The number of carbonyl (C=O) groups excluding carboxylic acids is 1. The molecule has 1 aromatic heterocycles. The molecule has 0 aromatic carbocycles. The SMILES string of the molecule is CC(C)CCNc1nc(NC2CCC(O)CC2)ncc1C(N)=O. The molecule has 1 amide bonds. The van der Waals surface area contributed by atoms with E-state index in [0.29, 0.717) is 23.2 Å². The number of hydrogen-bond acceptors (Lipinski definition) is 6. The van der Waals surface area contributed by atoms with Gasteiger partial charge in [0.15, 0.2) is 0 Å². The number of anilines is 2. The Bertz CT molecular complexity index is 527. The zero-order valence-electron chi connectivity index (χ0n) is 13.9. The second kappa shape index (κ2) is 8.10.